The molecule has 0 radical (unpaired) electrons. The summed E-state index contributed by atoms with van der Waals surface area (Å²) in [7, 11) is -3.09. The molecule has 0 unspecified atom stereocenters. The summed E-state index contributed by atoms with van der Waals surface area (Å²) in [5.74, 6) is 0. The van der Waals surface area contributed by atoms with Gasteiger partial charge >= 0.3 is 0 Å². The number of aromatic nitrogens is 1. The summed E-state index contributed by atoms with van der Waals surface area (Å²) in [6, 6.07) is 8.10. The normalized spacial score (nSPS) is 12.1. The van der Waals surface area contributed by atoms with Crippen LogP contribution in [0.25, 0.3) is 10.9 Å². The monoisotopic (exact) mass is 267 g/mol. The van der Waals surface area contributed by atoms with Crippen molar-refractivity contribution in [1.82, 2.24) is 15.0 Å². The van der Waals surface area contributed by atoms with Crippen LogP contribution in [0.1, 0.15) is 5.56 Å². The lowest BCUT2D eigenvalue weighted by Crippen LogP contribution is -2.30. The molecule has 0 amide bonds. The molecule has 1 heterocycles. The Balaban J connectivity index is 1.84. The van der Waals surface area contributed by atoms with Crippen LogP contribution >= 0.6 is 0 Å². The molecule has 2 rings (SSSR count). The van der Waals surface area contributed by atoms with Crippen LogP contribution in [0, 0.1) is 0 Å². The average molecular weight is 267 g/mol. The van der Waals surface area contributed by atoms with Gasteiger partial charge in [0.1, 0.15) is 0 Å². The Bertz CT molecular complexity index is 619. The maximum Gasteiger partial charge on any atom is 0.208 e. The van der Waals surface area contributed by atoms with Gasteiger partial charge in [0.25, 0.3) is 0 Å². The van der Waals surface area contributed by atoms with Gasteiger partial charge in [-0.05, 0) is 11.6 Å². The summed E-state index contributed by atoms with van der Waals surface area (Å²) in [6.07, 6.45) is 3.13. The topological polar surface area (TPSA) is 74.0 Å². The van der Waals surface area contributed by atoms with Crippen LogP contribution in [0.15, 0.2) is 30.5 Å². The highest BCUT2D eigenvalue weighted by atomic mass is 32.2. The first kappa shape index (κ1) is 13.1. The molecule has 0 atom stereocenters. The van der Waals surface area contributed by atoms with Gasteiger partial charge in [0.2, 0.25) is 10.0 Å². The van der Waals surface area contributed by atoms with E-state index >= 15 is 0 Å². The van der Waals surface area contributed by atoms with E-state index in [2.05, 4.69) is 21.1 Å². The fourth-order valence-electron chi connectivity index (χ4n) is 1.83. The van der Waals surface area contributed by atoms with Crippen molar-refractivity contribution in [3.63, 3.8) is 0 Å². The quantitative estimate of drug-likeness (QED) is 0.678. The highest BCUT2D eigenvalue weighted by Crippen LogP contribution is 2.16. The van der Waals surface area contributed by atoms with Crippen molar-refractivity contribution < 1.29 is 8.42 Å². The number of aromatic amines is 1. The molecule has 0 bridgehead atoms. The Kier molecular flexibility index (Phi) is 4.00. The summed E-state index contributed by atoms with van der Waals surface area (Å²) < 4.78 is 24.1. The van der Waals surface area contributed by atoms with E-state index in [-0.39, 0.29) is 0 Å². The van der Waals surface area contributed by atoms with Gasteiger partial charge < -0.3 is 10.3 Å². The van der Waals surface area contributed by atoms with Crippen molar-refractivity contribution in [2.45, 2.75) is 6.54 Å². The van der Waals surface area contributed by atoms with E-state index in [4.69, 9.17) is 0 Å². The molecule has 1 aromatic carbocycles. The van der Waals surface area contributed by atoms with Gasteiger partial charge in [-0.15, -0.1) is 0 Å². The molecule has 0 aliphatic carbocycles. The smallest absolute Gasteiger partial charge is 0.208 e. The van der Waals surface area contributed by atoms with Crippen molar-refractivity contribution in [2.75, 3.05) is 19.3 Å². The molecule has 5 nitrogen and oxygen atoms in total. The molecule has 3 N–H and O–H groups in total. The second kappa shape index (κ2) is 5.51. The third-order valence-corrected chi connectivity index (χ3v) is 3.38. The zero-order chi connectivity index (χ0) is 13.0. The van der Waals surface area contributed by atoms with Crippen LogP contribution in [-0.4, -0.2) is 32.7 Å². The lowest BCUT2D eigenvalue weighted by molar-refractivity contribution is 0.582. The van der Waals surface area contributed by atoms with Crippen LogP contribution in [0.2, 0.25) is 0 Å². The molecule has 0 saturated carbocycles. The third-order valence-electron chi connectivity index (χ3n) is 2.66. The van der Waals surface area contributed by atoms with E-state index in [1.54, 1.807) is 0 Å². The maximum atomic E-state index is 10.9. The van der Waals surface area contributed by atoms with E-state index in [0.717, 1.165) is 18.3 Å². The molecule has 0 aliphatic heterocycles. The minimum absolute atomic E-state index is 0.404. The van der Waals surface area contributed by atoms with E-state index in [1.165, 1.54) is 10.9 Å². The van der Waals surface area contributed by atoms with Crippen molar-refractivity contribution in [1.29, 1.82) is 0 Å². The van der Waals surface area contributed by atoms with E-state index < -0.39 is 10.0 Å². The first-order chi connectivity index (χ1) is 8.56. The largest absolute Gasteiger partial charge is 0.361 e. The molecule has 6 heteroatoms. The third kappa shape index (κ3) is 3.56. The van der Waals surface area contributed by atoms with Gasteiger partial charge in [-0.25, -0.2) is 13.1 Å². The van der Waals surface area contributed by atoms with Gasteiger partial charge in [-0.2, -0.15) is 0 Å². The Labute approximate surface area is 107 Å². The fourth-order valence-corrected chi connectivity index (χ4v) is 2.30. The molecule has 0 aliphatic rings. The van der Waals surface area contributed by atoms with Gasteiger partial charge in [-0.3, -0.25) is 0 Å². The number of para-hydroxylation sites is 1. The summed E-state index contributed by atoms with van der Waals surface area (Å²) in [5.41, 5.74) is 2.30. The van der Waals surface area contributed by atoms with Crippen LogP contribution < -0.4 is 10.0 Å². The van der Waals surface area contributed by atoms with Crippen molar-refractivity contribution in [2.24, 2.45) is 0 Å². The molecular formula is C12H17N3O2S. The Hall–Kier alpha value is -1.37. The molecule has 0 spiro atoms. The Morgan fingerprint density at radius 2 is 2.00 bits per heavy atom. The van der Waals surface area contributed by atoms with Crippen LogP contribution in [0.5, 0.6) is 0 Å². The molecular weight excluding hydrogens is 250 g/mol. The second-order valence-corrected chi connectivity index (χ2v) is 6.04. The number of rotatable bonds is 6. The number of benzene rings is 1. The zero-order valence-corrected chi connectivity index (χ0v) is 11.0. The van der Waals surface area contributed by atoms with E-state index in [0.29, 0.717) is 13.1 Å². The minimum atomic E-state index is -3.09. The molecule has 18 heavy (non-hydrogen) atoms. The summed E-state index contributed by atoms with van der Waals surface area (Å²) in [5, 5.41) is 4.40. The number of fused-ring (bicyclic) bond motifs is 1. The second-order valence-electron chi connectivity index (χ2n) is 4.20. The highest BCUT2D eigenvalue weighted by Gasteiger charge is 2.02. The summed E-state index contributed by atoms with van der Waals surface area (Å²) >= 11 is 0. The van der Waals surface area contributed by atoms with Crippen LogP contribution in [0.4, 0.5) is 0 Å². The molecule has 98 valence electrons. The minimum Gasteiger partial charge on any atom is -0.361 e. The van der Waals surface area contributed by atoms with Gasteiger partial charge in [0.15, 0.2) is 0 Å². The SMILES string of the molecule is CS(=O)(=O)NCCNCc1c[nH]c2ccccc12. The van der Waals surface area contributed by atoms with Crippen molar-refractivity contribution in [3.05, 3.63) is 36.0 Å². The van der Waals surface area contributed by atoms with Crippen molar-refractivity contribution >= 4 is 20.9 Å². The number of hydrogen-bond donors (Lipinski definition) is 3. The standard InChI is InChI=1S/C12H17N3O2S/c1-18(16,17)15-7-6-13-8-10-9-14-12-5-3-2-4-11(10)12/h2-5,9,13-15H,6-8H2,1H3. The lowest BCUT2D eigenvalue weighted by atomic mass is 10.2. The number of hydrogen-bond acceptors (Lipinski definition) is 3. The van der Waals surface area contributed by atoms with Crippen molar-refractivity contribution in [3.8, 4) is 0 Å². The number of H-pyrrole nitrogens is 1. The molecule has 1 aromatic heterocycles. The number of nitrogens with one attached hydrogen (secondary N) is 3. The molecule has 0 fully saturated rings. The average Bonchev–Trinajstić information content (AvgIpc) is 2.71. The van der Waals surface area contributed by atoms with Crippen LogP contribution in [0.3, 0.4) is 0 Å². The van der Waals surface area contributed by atoms with E-state index in [1.807, 2.05) is 24.4 Å². The maximum absolute atomic E-state index is 10.9. The van der Waals surface area contributed by atoms with Gasteiger partial charge in [0.05, 0.1) is 6.26 Å². The first-order valence-electron chi connectivity index (χ1n) is 5.76. The Morgan fingerprint density at radius 3 is 2.78 bits per heavy atom. The highest BCUT2D eigenvalue weighted by molar-refractivity contribution is 7.88. The van der Waals surface area contributed by atoms with Gasteiger partial charge in [-0.1, -0.05) is 18.2 Å². The molecule has 2 aromatic rings. The van der Waals surface area contributed by atoms with Gasteiger partial charge in [0, 0.05) is 36.7 Å². The lowest BCUT2D eigenvalue weighted by Gasteiger charge is -2.04. The van der Waals surface area contributed by atoms with Crippen LogP contribution in [-0.2, 0) is 16.6 Å². The first-order valence-corrected chi connectivity index (χ1v) is 7.66. The number of sulfonamides is 1. The Morgan fingerprint density at radius 1 is 1.22 bits per heavy atom. The predicted octanol–water partition coefficient (Wildman–Crippen LogP) is 0.807. The molecule has 0 saturated heterocycles. The fraction of sp³-hybridized carbons (Fsp3) is 0.333. The zero-order valence-electron chi connectivity index (χ0n) is 10.2. The summed E-state index contributed by atoms with van der Waals surface area (Å²) in [6.45, 7) is 1.73. The predicted molar refractivity (Wildman–Crippen MR) is 72.9 cm³/mol. The van der Waals surface area contributed by atoms with E-state index in [9.17, 15) is 8.42 Å². The summed E-state index contributed by atoms with van der Waals surface area (Å²) in [4.78, 5) is 3.20.